The summed E-state index contributed by atoms with van der Waals surface area (Å²) in [5.74, 6) is 0.144. The monoisotopic (exact) mass is 691 g/mol. The minimum atomic E-state index is -2.74. The molecule has 0 unspecified atom stereocenters. The number of imidazole rings is 1. The number of amides is 1. The van der Waals surface area contributed by atoms with E-state index in [0.29, 0.717) is 40.2 Å². The standard InChI is InChI=1S/C29H42BrN5O4SSi2/c1-17(2)41(18(3)4)37-14-22-25(38-42(39-41,19(5)6)20(7)8)23(30)29(40-22)35-16-33-24-26(31-15-32-27(24)35)34-28(36)21-12-10-9-11-13-21/h9-13,15-20,22-23,25,29H,14H2,1-8H3,(H,31,32,34,36)/t22-,23+,25-,29-/m1/s1. The molecule has 5 rings (SSSR count). The van der Waals surface area contributed by atoms with E-state index in [1.54, 1.807) is 18.5 Å². The molecule has 0 bridgehead atoms. The van der Waals surface area contributed by atoms with Crippen molar-refractivity contribution in [3.8, 4) is 0 Å². The van der Waals surface area contributed by atoms with Gasteiger partial charge in [0.15, 0.2) is 17.0 Å². The van der Waals surface area contributed by atoms with Crippen molar-refractivity contribution in [1.82, 2.24) is 19.5 Å². The highest BCUT2D eigenvalue weighted by Crippen LogP contribution is 2.54. The van der Waals surface area contributed by atoms with Gasteiger partial charge >= 0.3 is 17.1 Å². The van der Waals surface area contributed by atoms with Crippen LogP contribution in [0.2, 0.25) is 22.2 Å². The van der Waals surface area contributed by atoms with E-state index in [4.69, 9.17) is 13.0 Å². The van der Waals surface area contributed by atoms with Gasteiger partial charge in [0.1, 0.15) is 6.33 Å². The Hall–Kier alpha value is -1.62. The number of alkyl halides is 1. The van der Waals surface area contributed by atoms with Crippen LogP contribution in [0.25, 0.3) is 11.2 Å². The molecule has 0 radical (unpaired) electrons. The number of fused-ring (bicyclic) bond motifs is 2. The lowest BCUT2D eigenvalue weighted by Crippen LogP contribution is -2.65. The molecule has 42 heavy (non-hydrogen) atoms. The molecule has 3 aromatic rings. The van der Waals surface area contributed by atoms with Gasteiger partial charge in [0.05, 0.1) is 34.5 Å². The van der Waals surface area contributed by atoms with Gasteiger partial charge in [-0.3, -0.25) is 4.79 Å². The molecule has 0 saturated carbocycles. The number of benzene rings is 1. The Labute approximate surface area is 263 Å². The summed E-state index contributed by atoms with van der Waals surface area (Å²) >= 11 is 5.88. The van der Waals surface area contributed by atoms with E-state index in [-0.39, 0.29) is 38.5 Å². The van der Waals surface area contributed by atoms with Crippen molar-refractivity contribution < 1.29 is 17.8 Å². The fourth-order valence-corrected chi connectivity index (χ4v) is 20.7. The number of nitrogens with one attached hydrogen (secondary N) is 1. The molecule has 2 aromatic heterocycles. The van der Waals surface area contributed by atoms with Crippen LogP contribution in [0.4, 0.5) is 5.82 Å². The molecule has 4 heterocycles. The minimum absolute atomic E-state index is 0.0360. The first-order valence-electron chi connectivity index (χ1n) is 14.8. The predicted octanol–water partition coefficient (Wildman–Crippen LogP) is 7.41. The Balaban J connectivity index is 1.49. The fourth-order valence-electron chi connectivity index (χ4n) is 6.23. The third-order valence-electron chi connectivity index (χ3n) is 8.50. The molecular weight excluding hydrogens is 650 g/mol. The van der Waals surface area contributed by atoms with Gasteiger partial charge in [-0.15, -0.1) is 11.8 Å². The van der Waals surface area contributed by atoms with E-state index < -0.39 is 17.1 Å². The van der Waals surface area contributed by atoms with Gasteiger partial charge < -0.3 is 22.9 Å². The second-order valence-corrected chi connectivity index (χ2v) is 23.7. The zero-order valence-electron chi connectivity index (χ0n) is 25.6. The molecule has 0 spiro atoms. The lowest BCUT2D eigenvalue weighted by molar-refractivity contribution is 0.0745. The maximum Gasteiger partial charge on any atom is 0.335 e. The topological polar surface area (TPSA) is 100 Å². The highest BCUT2D eigenvalue weighted by molar-refractivity contribution is 9.09. The van der Waals surface area contributed by atoms with E-state index in [0.717, 1.165) is 0 Å². The lowest BCUT2D eigenvalue weighted by Gasteiger charge is -2.51. The first kappa shape index (κ1) is 31.8. The summed E-state index contributed by atoms with van der Waals surface area (Å²) in [6.45, 7) is 18.5. The van der Waals surface area contributed by atoms with E-state index in [2.05, 4.69) is 96.2 Å². The van der Waals surface area contributed by atoms with Gasteiger partial charge in [0.25, 0.3) is 5.91 Å². The van der Waals surface area contributed by atoms with Crippen LogP contribution in [-0.2, 0) is 13.0 Å². The number of thioether (sulfide) groups is 1. The smallest absolute Gasteiger partial charge is 0.335 e. The second kappa shape index (κ2) is 12.4. The largest absolute Gasteiger partial charge is 0.414 e. The van der Waals surface area contributed by atoms with Crippen molar-refractivity contribution in [3.05, 3.63) is 48.5 Å². The van der Waals surface area contributed by atoms with Crippen LogP contribution in [0.3, 0.4) is 0 Å². The Morgan fingerprint density at radius 2 is 1.62 bits per heavy atom. The van der Waals surface area contributed by atoms with Crippen LogP contribution >= 0.6 is 27.7 Å². The average Bonchev–Trinajstić information content (AvgIpc) is 3.49. The minimum Gasteiger partial charge on any atom is -0.414 e. The lowest BCUT2D eigenvalue weighted by atomic mass is 10.2. The summed E-state index contributed by atoms with van der Waals surface area (Å²) in [4.78, 5) is 26.4. The number of hydrogen-bond donors (Lipinski definition) is 1. The molecule has 2 aliphatic rings. The Morgan fingerprint density at radius 1 is 0.976 bits per heavy atom. The molecule has 9 nitrogen and oxygen atoms in total. The summed E-state index contributed by atoms with van der Waals surface area (Å²) in [6, 6.07) is 9.08. The van der Waals surface area contributed by atoms with E-state index in [1.807, 2.05) is 30.0 Å². The van der Waals surface area contributed by atoms with Crippen molar-refractivity contribution in [1.29, 1.82) is 0 Å². The maximum atomic E-state index is 12.9. The van der Waals surface area contributed by atoms with Crippen molar-refractivity contribution in [3.63, 3.8) is 0 Å². The summed E-state index contributed by atoms with van der Waals surface area (Å²) in [5.41, 5.74) is 2.86. The normalized spacial score (nSPS) is 25.6. The average molecular weight is 693 g/mol. The zero-order chi connectivity index (χ0) is 30.4. The Bertz CT molecular complexity index is 1390. The molecule has 0 aliphatic carbocycles. The molecule has 1 aromatic carbocycles. The third-order valence-corrected chi connectivity index (χ3v) is 21.7. The van der Waals surface area contributed by atoms with E-state index in [9.17, 15) is 4.79 Å². The molecule has 2 fully saturated rings. The van der Waals surface area contributed by atoms with Gasteiger partial charge in [0.2, 0.25) is 0 Å². The summed E-state index contributed by atoms with van der Waals surface area (Å²) in [7, 11) is -5.36. The van der Waals surface area contributed by atoms with Crippen LogP contribution < -0.4 is 5.32 Å². The van der Waals surface area contributed by atoms with Gasteiger partial charge in [-0.05, 0) is 34.3 Å². The predicted molar refractivity (Wildman–Crippen MR) is 177 cm³/mol. The summed E-state index contributed by atoms with van der Waals surface area (Å²) in [6.07, 6.45) is 3.15. The molecule has 13 heteroatoms. The summed E-state index contributed by atoms with van der Waals surface area (Å²) < 4.78 is 23.8. The second-order valence-electron chi connectivity index (χ2n) is 12.4. The molecule has 2 saturated heterocycles. The van der Waals surface area contributed by atoms with E-state index in [1.165, 1.54) is 6.33 Å². The number of carbonyl (C=O) groups is 1. The van der Waals surface area contributed by atoms with Crippen LogP contribution in [0, 0.1) is 0 Å². The SMILES string of the molecule is CC(C)[Si]1(C(C)C)OC[C@H]2S[C@@H](n3cnc4c(NC(=O)c5ccccc5)ncnc43)[C@@H](Br)[C@@H]2O[Si](C(C)C)(C(C)C)O1. The molecule has 2 aliphatic heterocycles. The molecule has 228 valence electrons. The first-order chi connectivity index (χ1) is 19.9. The number of carbonyl (C=O) groups excluding carboxylic acids is 1. The van der Waals surface area contributed by atoms with Crippen molar-refractivity contribution in [2.24, 2.45) is 0 Å². The van der Waals surface area contributed by atoms with Crippen LogP contribution in [0.5, 0.6) is 0 Å². The number of aromatic nitrogens is 4. The van der Waals surface area contributed by atoms with Crippen LogP contribution in [0.1, 0.15) is 71.1 Å². The van der Waals surface area contributed by atoms with Crippen LogP contribution in [-0.4, -0.2) is 65.3 Å². The Kier molecular flexibility index (Phi) is 9.39. The van der Waals surface area contributed by atoms with E-state index >= 15 is 0 Å². The molecule has 4 atom stereocenters. The number of halogens is 1. The van der Waals surface area contributed by atoms with Crippen molar-refractivity contribution in [2.75, 3.05) is 11.9 Å². The number of hydrogen-bond acceptors (Lipinski definition) is 8. The number of nitrogens with zero attached hydrogens (tertiary/aromatic N) is 4. The quantitative estimate of drug-likeness (QED) is 0.202. The number of rotatable bonds is 7. The highest BCUT2D eigenvalue weighted by Gasteiger charge is 2.61. The Morgan fingerprint density at radius 3 is 2.24 bits per heavy atom. The maximum absolute atomic E-state index is 12.9. The van der Waals surface area contributed by atoms with Gasteiger partial charge in [-0.25, -0.2) is 15.0 Å². The third kappa shape index (κ3) is 5.54. The van der Waals surface area contributed by atoms with Crippen LogP contribution in [0.15, 0.2) is 43.0 Å². The molecule has 1 amide bonds. The molecular formula is C29H42BrN5O4SSi2. The fraction of sp³-hybridized carbons (Fsp3) is 0.586. The van der Waals surface area contributed by atoms with Gasteiger partial charge in [-0.2, -0.15) is 0 Å². The van der Waals surface area contributed by atoms with Crippen molar-refractivity contribution in [2.45, 2.75) is 99.1 Å². The van der Waals surface area contributed by atoms with Crippen molar-refractivity contribution >= 4 is 67.7 Å². The zero-order valence-corrected chi connectivity index (χ0v) is 30.0. The number of anilines is 1. The highest BCUT2D eigenvalue weighted by atomic mass is 79.9. The summed E-state index contributed by atoms with van der Waals surface area (Å²) in [5, 5.41) is 2.96. The first-order valence-corrected chi connectivity index (χ1v) is 20.6. The molecule has 1 N–H and O–H groups in total. The van der Waals surface area contributed by atoms with Gasteiger partial charge in [-0.1, -0.05) is 89.5 Å². The van der Waals surface area contributed by atoms with Gasteiger partial charge in [0, 0.05) is 5.56 Å².